The lowest BCUT2D eigenvalue weighted by molar-refractivity contribution is 0.206. The van der Waals surface area contributed by atoms with Crippen LogP contribution in [0.2, 0.25) is 0 Å². The van der Waals surface area contributed by atoms with Gasteiger partial charge in [-0.15, -0.1) is 0 Å². The molecule has 4 heteroatoms. The first-order valence-corrected chi connectivity index (χ1v) is 8.59. The second-order valence-electron chi connectivity index (χ2n) is 6.47. The standard InChI is InChI=1S/C20H25N3O/c21-13-17-6-8-18(9-7-17)14-22-20(24)23-11-10-19(15-23)12-16-4-2-1-3-5-16/h1-9,19H,10-15,21H2,(H,22,24). The molecular weight excluding hydrogens is 298 g/mol. The smallest absolute Gasteiger partial charge is 0.317 e. The molecule has 1 heterocycles. The van der Waals surface area contributed by atoms with Crippen molar-refractivity contribution in [2.24, 2.45) is 11.7 Å². The lowest BCUT2D eigenvalue weighted by atomic mass is 9.99. The molecule has 1 unspecified atom stereocenters. The van der Waals surface area contributed by atoms with Crippen molar-refractivity contribution in [1.29, 1.82) is 0 Å². The maximum atomic E-state index is 12.3. The van der Waals surface area contributed by atoms with Crippen LogP contribution in [0.15, 0.2) is 54.6 Å². The van der Waals surface area contributed by atoms with Gasteiger partial charge in [0.25, 0.3) is 0 Å². The Labute approximate surface area is 143 Å². The third-order valence-electron chi connectivity index (χ3n) is 4.64. The Morgan fingerprint density at radius 3 is 2.46 bits per heavy atom. The summed E-state index contributed by atoms with van der Waals surface area (Å²) in [4.78, 5) is 14.3. The molecule has 2 aromatic rings. The molecule has 1 aliphatic heterocycles. The molecule has 126 valence electrons. The lowest BCUT2D eigenvalue weighted by Gasteiger charge is -2.17. The van der Waals surface area contributed by atoms with E-state index in [0.29, 0.717) is 19.0 Å². The van der Waals surface area contributed by atoms with Crippen LogP contribution in [-0.2, 0) is 19.5 Å². The molecule has 0 spiro atoms. The van der Waals surface area contributed by atoms with Crippen LogP contribution in [0.3, 0.4) is 0 Å². The van der Waals surface area contributed by atoms with E-state index in [1.165, 1.54) is 5.56 Å². The van der Waals surface area contributed by atoms with E-state index in [4.69, 9.17) is 5.73 Å². The minimum atomic E-state index is 0.0356. The van der Waals surface area contributed by atoms with Gasteiger partial charge in [-0.1, -0.05) is 54.6 Å². The predicted molar refractivity (Wildman–Crippen MR) is 96.4 cm³/mol. The number of hydrogen-bond donors (Lipinski definition) is 2. The second-order valence-corrected chi connectivity index (χ2v) is 6.47. The highest BCUT2D eigenvalue weighted by molar-refractivity contribution is 5.74. The van der Waals surface area contributed by atoms with Gasteiger partial charge in [0.15, 0.2) is 0 Å². The molecule has 0 bridgehead atoms. The molecule has 2 amide bonds. The summed E-state index contributed by atoms with van der Waals surface area (Å²) in [6.07, 6.45) is 2.12. The molecule has 0 aliphatic carbocycles. The molecule has 3 rings (SSSR count). The average Bonchev–Trinajstić information content (AvgIpc) is 3.09. The number of nitrogens with one attached hydrogen (secondary N) is 1. The summed E-state index contributed by atoms with van der Waals surface area (Å²) < 4.78 is 0. The summed E-state index contributed by atoms with van der Waals surface area (Å²) in [7, 11) is 0. The predicted octanol–water partition coefficient (Wildman–Crippen LogP) is 2.92. The number of rotatable bonds is 5. The summed E-state index contributed by atoms with van der Waals surface area (Å²) in [5.74, 6) is 0.557. The zero-order valence-electron chi connectivity index (χ0n) is 13.9. The maximum absolute atomic E-state index is 12.3. The number of nitrogens with two attached hydrogens (primary N) is 1. The number of benzene rings is 2. The van der Waals surface area contributed by atoms with Gasteiger partial charge in [-0.25, -0.2) is 4.79 Å². The third kappa shape index (κ3) is 4.36. The highest BCUT2D eigenvalue weighted by Crippen LogP contribution is 2.20. The first-order chi connectivity index (χ1) is 11.7. The number of likely N-dealkylation sites (tertiary alicyclic amines) is 1. The first kappa shape index (κ1) is 16.5. The fourth-order valence-electron chi connectivity index (χ4n) is 3.21. The van der Waals surface area contributed by atoms with Crippen LogP contribution in [0, 0.1) is 5.92 Å². The van der Waals surface area contributed by atoms with E-state index >= 15 is 0 Å². The SMILES string of the molecule is NCc1ccc(CNC(=O)N2CCC(Cc3ccccc3)C2)cc1. The van der Waals surface area contributed by atoms with E-state index < -0.39 is 0 Å². The van der Waals surface area contributed by atoms with Crippen molar-refractivity contribution in [2.45, 2.75) is 25.9 Å². The Balaban J connectivity index is 1.45. The quantitative estimate of drug-likeness (QED) is 0.889. The van der Waals surface area contributed by atoms with Crippen LogP contribution in [0.25, 0.3) is 0 Å². The number of amides is 2. The number of nitrogens with zero attached hydrogens (tertiary/aromatic N) is 1. The van der Waals surface area contributed by atoms with Gasteiger partial charge in [-0.2, -0.15) is 0 Å². The Morgan fingerprint density at radius 1 is 1.04 bits per heavy atom. The molecule has 3 N–H and O–H groups in total. The zero-order chi connectivity index (χ0) is 16.8. The van der Waals surface area contributed by atoms with Crippen molar-refractivity contribution in [3.8, 4) is 0 Å². The Bertz CT molecular complexity index is 654. The van der Waals surface area contributed by atoms with Crippen molar-refractivity contribution in [3.05, 3.63) is 71.3 Å². The zero-order valence-corrected chi connectivity index (χ0v) is 13.9. The van der Waals surface area contributed by atoms with E-state index in [9.17, 15) is 4.79 Å². The molecule has 2 aromatic carbocycles. The minimum absolute atomic E-state index is 0.0356. The van der Waals surface area contributed by atoms with Crippen LogP contribution < -0.4 is 11.1 Å². The van der Waals surface area contributed by atoms with Crippen molar-refractivity contribution in [2.75, 3.05) is 13.1 Å². The Kier molecular flexibility index (Phi) is 5.49. The molecule has 1 atom stereocenters. The van der Waals surface area contributed by atoms with Crippen LogP contribution in [-0.4, -0.2) is 24.0 Å². The van der Waals surface area contributed by atoms with Crippen LogP contribution >= 0.6 is 0 Å². The minimum Gasteiger partial charge on any atom is -0.334 e. The third-order valence-corrected chi connectivity index (χ3v) is 4.64. The lowest BCUT2D eigenvalue weighted by Crippen LogP contribution is -2.38. The van der Waals surface area contributed by atoms with Crippen LogP contribution in [0.4, 0.5) is 4.79 Å². The van der Waals surface area contributed by atoms with Gasteiger partial charge in [0.1, 0.15) is 0 Å². The molecule has 0 aromatic heterocycles. The Morgan fingerprint density at radius 2 is 1.75 bits per heavy atom. The topological polar surface area (TPSA) is 58.4 Å². The van der Waals surface area contributed by atoms with Crippen LogP contribution in [0.1, 0.15) is 23.1 Å². The van der Waals surface area contributed by atoms with E-state index in [1.807, 2.05) is 35.2 Å². The van der Waals surface area contributed by atoms with Gasteiger partial charge < -0.3 is 16.0 Å². The van der Waals surface area contributed by atoms with E-state index in [0.717, 1.165) is 37.1 Å². The van der Waals surface area contributed by atoms with Crippen molar-refractivity contribution in [1.82, 2.24) is 10.2 Å². The molecule has 1 aliphatic rings. The molecule has 0 radical (unpaired) electrons. The number of urea groups is 1. The molecule has 0 saturated carbocycles. The van der Waals surface area contributed by atoms with Crippen molar-refractivity contribution >= 4 is 6.03 Å². The van der Waals surface area contributed by atoms with Gasteiger partial charge in [-0.3, -0.25) is 0 Å². The summed E-state index contributed by atoms with van der Waals surface area (Å²) in [6.45, 7) is 2.79. The first-order valence-electron chi connectivity index (χ1n) is 8.59. The molecule has 1 fully saturated rings. The Hall–Kier alpha value is -2.33. The summed E-state index contributed by atoms with van der Waals surface area (Å²) in [5.41, 5.74) is 9.15. The van der Waals surface area contributed by atoms with E-state index in [1.54, 1.807) is 0 Å². The fourth-order valence-corrected chi connectivity index (χ4v) is 3.21. The number of carbonyl (C=O) groups is 1. The van der Waals surface area contributed by atoms with Gasteiger partial charge in [0, 0.05) is 26.2 Å². The summed E-state index contributed by atoms with van der Waals surface area (Å²) in [5, 5.41) is 3.02. The monoisotopic (exact) mass is 323 g/mol. The summed E-state index contributed by atoms with van der Waals surface area (Å²) >= 11 is 0. The van der Waals surface area contributed by atoms with Gasteiger partial charge in [0.2, 0.25) is 0 Å². The van der Waals surface area contributed by atoms with Crippen LogP contribution in [0.5, 0.6) is 0 Å². The van der Waals surface area contributed by atoms with Crippen molar-refractivity contribution in [3.63, 3.8) is 0 Å². The normalized spacial score (nSPS) is 17.0. The highest BCUT2D eigenvalue weighted by Gasteiger charge is 2.26. The second kappa shape index (κ2) is 7.97. The fraction of sp³-hybridized carbons (Fsp3) is 0.350. The highest BCUT2D eigenvalue weighted by atomic mass is 16.2. The number of hydrogen-bond acceptors (Lipinski definition) is 2. The number of carbonyl (C=O) groups excluding carboxylic acids is 1. The van der Waals surface area contributed by atoms with Gasteiger partial charge in [0.05, 0.1) is 0 Å². The molecule has 24 heavy (non-hydrogen) atoms. The maximum Gasteiger partial charge on any atom is 0.317 e. The molecular formula is C20H25N3O. The average molecular weight is 323 g/mol. The largest absolute Gasteiger partial charge is 0.334 e. The van der Waals surface area contributed by atoms with Crippen molar-refractivity contribution < 1.29 is 4.79 Å². The summed E-state index contributed by atoms with van der Waals surface area (Å²) in [6, 6.07) is 18.6. The van der Waals surface area contributed by atoms with Gasteiger partial charge >= 0.3 is 6.03 Å². The molecule has 4 nitrogen and oxygen atoms in total. The van der Waals surface area contributed by atoms with E-state index in [-0.39, 0.29) is 6.03 Å². The van der Waals surface area contributed by atoms with E-state index in [2.05, 4.69) is 29.6 Å². The van der Waals surface area contributed by atoms with Gasteiger partial charge in [-0.05, 0) is 35.4 Å². The molecule has 1 saturated heterocycles.